The van der Waals surface area contributed by atoms with E-state index in [9.17, 15) is 26.7 Å². The van der Waals surface area contributed by atoms with Gasteiger partial charge in [-0.05, 0) is 42.2 Å². The van der Waals surface area contributed by atoms with Crippen LogP contribution < -0.4 is 10.1 Å². The number of carbonyl (C=O) groups is 1. The molecule has 0 spiro atoms. The van der Waals surface area contributed by atoms with Gasteiger partial charge in [-0.25, -0.2) is 13.3 Å². The van der Waals surface area contributed by atoms with Gasteiger partial charge in [0, 0.05) is 17.6 Å². The van der Waals surface area contributed by atoms with Gasteiger partial charge in [-0.1, -0.05) is 0 Å². The van der Waals surface area contributed by atoms with E-state index in [1.165, 1.54) is 17.6 Å². The Bertz CT molecular complexity index is 1380. The minimum Gasteiger partial charge on any atom is -0.400 e. The summed E-state index contributed by atoms with van der Waals surface area (Å²) in [5.41, 5.74) is 1.05. The Hall–Kier alpha value is -3.70. The molecule has 3 heterocycles. The fourth-order valence-electron chi connectivity index (χ4n) is 3.69. The van der Waals surface area contributed by atoms with Gasteiger partial charge in [0.1, 0.15) is 11.7 Å². The van der Waals surface area contributed by atoms with Crippen LogP contribution in [0.3, 0.4) is 0 Å². The first-order valence-corrected chi connectivity index (χ1v) is 9.48. The van der Waals surface area contributed by atoms with Crippen LogP contribution in [0.1, 0.15) is 12.0 Å². The van der Waals surface area contributed by atoms with Crippen molar-refractivity contribution in [2.45, 2.75) is 25.9 Å². The van der Waals surface area contributed by atoms with Crippen LogP contribution >= 0.6 is 0 Å². The molecule has 1 amide bonds. The number of aromatic amines is 1. The maximum absolute atomic E-state index is 14.9. The van der Waals surface area contributed by atoms with Gasteiger partial charge in [-0.15, -0.1) is 13.2 Å². The van der Waals surface area contributed by atoms with Gasteiger partial charge < -0.3 is 10.1 Å². The third-order valence-corrected chi connectivity index (χ3v) is 5.31. The minimum absolute atomic E-state index is 0.0572. The molecule has 1 aromatic carbocycles. The summed E-state index contributed by atoms with van der Waals surface area (Å²) in [6, 6.07) is 4.79. The van der Waals surface area contributed by atoms with Crippen LogP contribution in [-0.2, 0) is 4.79 Å². The number of halogens is 5. The highest BCUT2D eigenvalue weighted by Crippen LogP contribution is 2.41. The van der Waals surface area contributed by atoms with Gasteiger partial charge in [0.2, 0.25) is 5.91 Å². The van der Waals surface area contributed by atoms with Crippen LogP contribution in [0.2, 0.25) is 0 Å². The van der Waals surface area contributed by atoms with Crippen molar-refractivity contribution in [2.75, 3.05) is 5.32 Å². The molecule has 12 heteroatoms. The SMILES string of the molecule is Cc1c(F)c(OC(F)(F)F)c2[nH]ncc2c1-c1ccn2nc(NC(=O)C3CC3F)cc2c1. The van der Waals surface area contributed by atoms with Crippen LogP contribution in [-0.4, -0.2) is 38.3 Å². The number of nitrogens with zero attached hydrogens (tertiary/aromatic N) is 3. The molecular formula is C20H14F5N5O2. The molecule has 3 aromatic heterocycles. The van der Waals surface area contributed by atoms with Crippen molar-refractivity contribution in [2.24, 2.45) is 5.92 Å². The lowest BCUT2D eigenvalue weighted by Gasteiger charge is -2.15. The second kappa shape index (κ2) is 6.90. The van der Waals surface area contributed by atoms with E-state index in [1.54, 1.807) is 24.4 Å². The molecule has 2 atom stereocenters. The number of H-pyrrole nitrogens is 1. The molecule has 1 aliphatic rings. The molecule has 2 N–H and O–H groups in total. The predicted molar refractivity (Wildman–Crippen MR) is 103 cm³/mol. The molecule has 32 heavy (non-hydrogen) atoms. The molecule has 1 saturated carbocycles. The molecule has 0 saturated heterocycles. The fraction of sp³-hybridized carbons (Fsp3) is 0.250. The summed E-state index contributed by atoms with van der Waals surface area (Å²) in [5, 5.41) is 13.1. The number of aromatic nitrogens is 4. The van der Waals surface area contributed by atoms with E-state index in [2.05, 4.69) is 25.3 Å². The van der Waals surface area contributed by atoms with E-state index in [-0.39, 0.29) is 28.7 Å². The number of amides is 1. The van der Waals surface area contributed by atoms with E-state index >= 15 is 0 Å². The second-order valence-corrected chi connectivity index (χ2v) is 7.51. The van der Waals surface area contributed by atoms with Crippen LogP contribution in [0.4, 0.5) is 27.8 Å². The first-order valence-electron chi connectivity index (χ1n) is 9.48. The van der Waals surface area contributed by atoms with E-state index in [0.717, 1.165) is 0 Å². The van der Waals surface area contributed by atoms with E-state index in [4.69, 9.17) is 0 Å². The number of hydrogen-bond donors (Lipinski definition) is 2. The lowest BCUT2D eigenvalue weighted by atomic mass is 9.96. The Morgan fingerprint density at radius 2 is 2.09 bits per heavy atom. The largest absolute Gasteiger partial charge is 0.573 e. The number of fused-ring (bicyclic) bond motifs is 2. The first kappa shape index (κ1) is 20.2. The molecule has 1 fully saturated rings. The van der Waals surface area contributed by atoms with Crippen LogP contribution in [0, 0.1) is 18.7 Å². The molecule has 4 aromatic rings. The Kier molecular flexibility index (Phi) is 4.36. The van der Waals surface area contributed by atoms with Crippen LogP contribution in [0.5, 0.6) is 5.75 Å². The number of alkyl halides is 4. The number of ether oxygens (including phenoxy) is 1. The predicted octanol–water partition coefficient (Wildman–Crippen LogP) is 4.52. The lowest BCUT2D eigenvalue weighted by Crippen LogP contribution is -2.18. The van der Waals surface area contributed by atoms with Crippen molar-refractivity contribution in [3.8, 4) is 16.9 Å². The quantitative estimate of drug-likeness (QED) is 0.447. The van der Waals surface area contributed by atoms with Crippen molar-refractivity contribution in [3.05, 3.63) is 42.0 Å². The molecular weight excluding hydrogens is 437 g/mol. The zero-order valence-electron chi connectivity index (χ0n) is 16.3. The molecule has 7 nitrogen and oxygen atoms in total. The zero-order valence-corrected chi connectivity index (χ0v) is 16.3. The monoisotopic (exact) mass is 451 g/mol. The first-order chi connectivity index (χ1) is 15.1. The average Bonchev–Trinajstić information content (AvgIpc) is 3.10. The summed E-state index contributed by atoms with van der Waals surface area (Å²) in [4.78, 5) is 11.9. The molecule has 1 aliphatic carbocycles. The summed E-state index contributed by atoms with van der Waals surface area (Å²) >= 11 is 0. The maximum Gasteiger partial charge on any atom is 0.573 e. The van der Waals surface area contributed by atoms with Crippen LogP contribution in [0.25, 0.3) is 27.5 Å². The van der Waals surface area contributed by atoms with E-state index < -0.39 is 35.9 Å². The molecule has 0 bridgehead atoms. The highest BCUT2D eigenvalue weighted by atomic mass is 19.4. The van der Waals surface area contributed by atoms with Crippen molar-refractivity contribution in [1.82, 2.24) is 19.8 Å². The minimum atomic E-state index is -5.08. The average molecular weight is 451 g/mol. The third-order valence-electron chi connectivity index (χ3n) is 5.31. The Labute approximate surface area is 176 Å². The van der Waals surface area contributed by atoms with Gasteiger partial charge >= 0.3 is 6.36 Å². The van der Waals surface area contributed by atoms with Gasteiger partial charge in [0.25, 0.3) is 0 Å². The topological polar surface area (TPSA) is 84.3 Å². The smallest absolute Gasteiger partial charge is 0.400 e. The zero-order chi connectivity index (χ0) is 22.8. The normalized spacial score (nSPS) is 18.3. The Morgan fingerprint density at radius 1 is 1.34 bits per heavy atom. The maximum atomic E-state index is 14.9. The standard InChI is InChI=1S/C20H14F5N5O2/c1-8-15(12-7-26-28-17(12)18(16(8)22)32-20(23,24)25)9-2-3-30-10(4-9)5-14(29-30)27-19(31)11-6-13(11)21/h2-5,7,11,13H,6H2,1H3,(H,26,28)(H,27,29,31). The number of pyridine rings is 1. The fourth-order valence-corrected chi connectivity index (χ4v) is 3.69. The number of rotatable bonds is 4. The van der Waals surface area contributed by atoms with Crippen LogP contribution in [0.15, 0.2) is 30.6 Å². The summed E-state index contributed by atoms with van der Waals surface area (Å²) in [7, 11) is 0. The Morgan fingerprint density at radius 3 is 2.78 bits per heavy atom. The molecule has 0 aliphatic heterocycles. The molecule has 166 valence electrons. The van der Waals surface area contributed by atoms with Crippen molar-refractivity contribution < 1.29 is 31.5 Å². The van der Waals surface area contributed by atoms with E-state index in [0.29, 0.717) is 16.6 Å². The summed E-state index contributed by atoms with van der Waals surface area (Å²) < 4.78 is 71.6. The number of nitrogens with one attached hydrogen (secondary N) is 2. The summed E-state index contributed by atoms with van der Waals surface area (Å²) in [5.74, 6) is -3.06. The number of benzene rings is 1. The lowest BCUT2D eigenvalue weighted by molar-refractivity contribution is -0.275. The second-order valence-electron chi connectivity index (χ2n) is 7.51. The van der Waals surface area contributed by atoms with E-state index in [1.807, 2.05) is 0 Å². The highest BCUT2D eigenvalue weighted by molar-refractivity contribution is 6.00. The summed E-state index contributed by atoms with van der Waals surface area (Å²) in [6.45, 7) is 1.34. The Balaban J connectivity index is 1.57. The molecule has 0 radical (unpaired) electrons. The third kappa shape index (κ3) is 3.41. The molecule has 2 unspecified atom stereocenters. The van der Waals surface area contributed by atoms with Gasteiger partial charge in [0.05, 0.1) is 17.6 Å². The number of hydrogen-bond acceptors (Lipinski definition) is 4. The van der Waals surface area contributed by atoms with Gasteiger partial charge in [-0.2, -0.15) is 10.2 Å². The highest BCUT2D eigenvalue weighted by Gasteiger charge is 2.43. The van der Waals surface area contributed by atoms with Crippen molar-refractivity contribution in [1.29, 1.82) is 0 Å². The van der Waals surface area contributed by atoms with Crippen molar-refractivity contribution >= 4 is 28.1 Å². The number of carbonyl (C=O) groups excluding carboxylic acids is 1. The van der Waals surface area contributed by atoms with Gasteiger partial charge in [-0.3, -0.25) is 9.89 Å². The van der Waals surface area contributed by atoms with Crippen molar-refractivity contribution in [3.63, 3.8) is 0 Å². The number of anilines is 1. The van der Waals surface area contributed by atoms with Gasteiger partial charge in [0.15, 0.2) is 17.4 Å². The molecule has 5 rings (SSSR count). The summed E-state index contributed by atoms with van der Waals surface area (Å²) in [6.07, 6.45) is -3.19.